The fourth-order valence-electron chi connectivity index (χ4n) is 10.8. The molecule has 7 aliphatic carbocycles. The van der Waals surface area contributed by atoms with Gasteiger partial charge in [0.25, 0.3) is 0 Å². The van der Waals surface area contributed by atoms with Gasteiger partial charge in [0.1, 0.15) is 0 Å². The average Bonchev–Trinajstić information content (AvgIpc) is 3.89. The zero-order valence-electron chi connectivity index (χ0n) is 36.0. The standard InChI is InChI=1S/C29H37.2C8H15.C5H5.CH2.2ClH.Zr/c1-18-25-22-17-19-13-9-10-14-20(19)24(22)21-15-11-12-16-23(21)29(25,8)28(6,7)27(4,5)26(18,2)3;2*1-2-8-6-4-3-5-7-8;1-2-4-5-3-1;;;;/h9-11,13-15,23H,12,16-17H2,1-8H3;2*2,8H,3-7H2,1H3;1-3H,4H2;1H2;2*1H;/q4*-1;;;;. The van der Waals surface area contributed by atoms with Crippen LogP contribution in [0.4, 0.5) is 0 Å². The zero-order valence-corrected chi connectivity index (χ0v) is 40.1. The fourth-order valence-corrected chi connectivity index (χ4v) is 10.8. The molecule has 302 valence electrons. The first-order chi connectivity index (χ1) is 24.8. The molecule has 54 heavy (non-hydrogen) atoms. The third-order valence-corrected chi connectivity index (χ3v) is 15.6. The first-order valence-electron chi connectivity index (χ1n) is 21.1. The molecule has 0 nitrogen and oxygen atoms in total. The normalized spacial score (nSPS) is 26.5. The SMILES string of the molecule is C[C-]1C2=C3Cc4ccccc4C3=C3C=CCCC3C2(C)C(C)(C)C(C)(C)C1(C)C.C[CH-]C1CCCCC1.C[CH-]C1CCCCC1.Cl.Cl.[C-]1=CC=CC1.[CH2]=[Zr]. The van der Waals surface area contributed by atoms with E-state index in [0.717, 1.165) is 24.7 Å². The van der Waals surface area contributed by atoms with Gasteiger partial charge < -0.3 is 12.8 Å². The van der Waals surface area contributed by atoms with Gasteiger partial charge in [-0.25, -0.2) is 18.1 Å². The van der Waals surface area contributed by atoms with Crippen molar-refractivity contribution in [3.05, 3.63) is 107 Å². The summed E-state index contributed by atoms with van der Waals surface area (Å²) >= 11 is 1.30. The first-order valence-corrected chi connectivity index (χ1v) is 22.8. The van der Waals surface area contributed by atoms with Crippen molar-refractivity contribution in [1.82, 2.24) is 0 Å². The number of hydrogen-bond acceptors (Lipinski definition) is 0. The van der Waals surface area contributed by atoms with Crippen molar-refractivity contribution >= 4 is 34.6 Å². The molecule has 1 aromatic carbocycles. The van der Waals surface area contributed by atoms with Gasteiger partial charge in [0.15, 0.2) is 0 Å². The Labute approximate surface area is 362 Å². The summed E-state index contributed by atoms with van der Waals surface area (Å²) in [5.74, 6) is 4.17. The Bertz CT molecular complexity index is 1440. The van der Waals surface area contributed by atoms with Crippen molar-refractivity contribution in [3.63, 3.8) is 0 Å². The van der Waals surface area contributed by atoms with Gasteiger partial charge in [0.2, 0.25) is 0 Å². The molecular formula is C51H76Cl2Zr-4. The molecule has 0 aromatic heterocycles. The van der Waals surface area contributed by atoms with Crippen molar-refractivity contribution in [3.8, 4) is 0 Å². The molecule has 0 radical (unpaired) electrons. The maximum atomic E-state index is 3.34. The average molecular weight is 851 g/mol. The van der Waals surface area contributed by atoms with Crippen molar-refractivity contribution in [1.29, 1.82) is 0 Å². The van der Waals surface area contributed by atoms with Crippen molar-refractivity contribution < 1.29 is 24.2 Å². The summed E-state index contributed by atoms with van der Waals surface area (Å²) in [5.41, 5.74) is 10.3. The van der Waals surface area contributed by atoms with E-state index in [1.54, 1.807) is 28.2 Å². The second kappa shape index (κ2) is 21.8. The first kappa shape index (κ1) is 49.3. The van der Waals surface area contributed by atoms with E-state index in [4.69, 9.17) is 0 Å². The molecule has 2 unspecified atom stereocenters. The molecule has 2 atom stereocenters. The summed E-state index contributed by atoms with van der Waals surface area (Å²) < 4.78 is 3.34. The van der Waals surface area contributed by atoms with Crippen LogP contribution in [-0.2, 0) is 30.7 Å². The Hall–Kier alpha value is -0.877. The van der Waals surface area contributed by atoms with E-state index in [2.05, 4.69) is 135 Å². The third-order valence-electron chi connectivity index (χ3n) is 15.6. The topological polar surface area (TPSA) is 0 Å². The van der Waals surface area contributed by atoms with E-state index >= 15 is 0 Å². The van der Waals surface area contributed by atoms with Crippen molar-refractivity contribution in [2.45, 2.75) is 159 Å². The summed E-state index contributed by atoms with van der Waals surface area (Å²) in [7, 11) is 0. The van der Waals surface area contributed by atoms with Gasteiger partial charge >= 0.3 is 28.4 Å². The summed E-state index contributed by atoms with van der Waals surface area (Å²) in [6, 6.07) is 9.16. The number of benzene rings is 1. The predicted octanol–water partition coefficient (Wildman–Crippen LogP) is 15.7. The molecule has 0 heterocycles. The van der Waals surface area contributed by atoms with Crippen molar-refractivity contribution in [2.24, 2.45) is 39.4 Å². The van der Waals surface area contributed by atoms with Crippen LogP contribution in [0.25, 0.3) is 5.57 Å². The van der Waals surface area contributed by atoms with E-state index < -0.39 is 0 Å². The molecule has 8 rings (SSSR count). The second-order valence-corrected chi connectivity index (χ2v) is 18.2. The molecule has 7 aliphatic rings. The molecule has 0 amide bonds. The summed E-state index contributed by atoms with van der Waals surface area (Å²) in [6.07, 6.45) is 37.9. The molecule has 1 aromatic rings. The third kappa shape index (κ3) is 9.69. The van der Waals surface area contributed by atoms with Crippen LogP contribution in [0, 0.1) is 64.2 Å². The Balaban J connectivity index is 0.000000328. The Morgan fingerprint density at radius 1 is 0.759 bits per heavy atom. The van der Waals surface area contributed by atoms with Gasteiger partial charge in [0, 0.05) is 0 Å². The molecule has 0 spiro atoms. The molecule has 3 saturated carbocycles. The van der Waals surface area contributed by atoms with Crippen LogP contribution in [-0.4, -0.2) is 4.21 Å². The summed E-state index contributed by atoms with van der Waals surface area (Å²) in [5, 5.41) is 0. The van der Waals surface area contributed by atoms with Gasteiger partial charge in [-0.15, -0.1) is 38.2 Å². The maximum absolute atomic E-state index is 3.34. The summed E-state index contributed by atoms with van der Waals surface area (Å²) in [4.78, 5) is 0. The number of hydrogen-bond donors (Lipinski definition) is 0. The van der Waals surface area contributed by atoms with E-state index in [9.17, 15) is 0 Å². The fraction of sp³-hybridized carbons (Fsp3) is 0.608. The number of halogens is 2. The van der Waals surface area contributed by atoms with E-state index in [1.807, 2.05) is 12.2 Å². The second-order valence-electron chi connectivity index (χ2n) is 18.2. The molecule has 3 fully saturated rings. The van der Waals surface area contributed by atoms with E-state index in [1.165, 1.54) is 112 Å². The van der Waals surface area contributed by atoms with Gasteiger partial charge in [-0.1, -0.05) is 178 Å². The zero-order chi connectivity index (χ0) is 38.2. The van der Waals surface area contributed by atoms with Crippen LogP contribution < -0.4 is 0 Å². The van der Waals surface area contributed by atoms with Gasteiger partial charge in [0.05, 0.1) is 0 Å². The Kier molecular flexibility index (Phi) is 19.9. The van der Waals surface area contributed by atoms with Crippen molar-refractivity contribution in [2.75, 3.05) is 0 Å². The Morgan fingerprint density at radius 2 is 1.31 bits per heavy atom. The molecule has 0 aliphatic heterocycles. The van der Waals surface area contributed by atoms with Gasteiger partial charge in [-0.05, 0) is 40.6 Å². The van der Waals surface area contributed by atoms with Crippen LogP contribution in [0.1, 0.15) is 164 Å². The minimum absolute atomic E-state index is 0. The number of fused-ring (bicyclic) bond motifs is 6. The van der Waals surface area contributed by atoms with E-state index in [-0.39, 0.29) is 46.5 Å². The number of rotatable bonds is 2. The van der Waals surface area contributed by atoms with Gasteiger partial charge in [-0.3, -0.25) is 6.08 Å². The molecule has 0 N–H and O–H groups in total. The van der Waals surface area contributed by atoms with Crippen LogP contribution in [0.15, 0.2) is 71.4 Å². The van der Waals surface area contributed by atoms with E-state index in [0.29, 0.717) is 5.92 Å². The molecule has 0 bridgehead atoms. The van der Waals surface area contributed by atoms with Gasteiger partial charge in [-0.2, -0.15) is 42.9 Å². The van der Waals surface area contributed by atoms with Crippen LogP contribution >= 0.6 is 24.8 Å². The molecular weight excluding hydrogens is 775 g/mol. The predicted molar refractivity (Wildman–Crippen MR) is 241 cm³/mol. The quantitative estimate of drug-likeness (QED) is 0.260. The van der Waals surface area contributed by atoms with Crippen LogP contribution in [0.3, 0.4) is 0 Å². The van der Waals surface area contributed by atoms with Crippen LogP contribution in [0.2, 0.25) is 0 Å². The molecule has 3 heteroatoms. The number of allylic oxidation sites excluding steroid dienone is 10. The molecule has 0 saturated heterocycles. The summed E-state index contributed by atoms with van der Waals surface area (Å²) in [6.45, 7) is 24.7. The minimum atomic E-state index is 0. The van der Waals surface area contributed by atoms with Crippen LogP contribution in [0.5, 0.6) is 0 Å². The Morgan fingerprint density at radius 3 is 1.78 bits per heavy atom. The monoisotopic (exact) mass is 848 g/mol.